The monoisotopic (exact) mass is 332 g/mol. The molecule has 0 fully saturated rings. The summed E-state index contributed by atoms with van der Waals surface area (Å²) >= 11 is 0. The molecule has 7 nitrogen and oxygen atoms in total. The summed E-state index contributed by atoms with van der Waals surface area (Å²) in [6, 6.07) is 15.4. The lowest BCUT2D eigenvalue weighted by Crippen LogP contribution is -2.15. The number of amides is 1. The van der Waals surface area contributed by atoms with Crippen LogP contribution in [0.1, 0.15) is 21.7 Å². The molecule has 2 heterocycles. The fraction of sp³-hybridized carbons (Fsp3) is 0.111. The predicted octanol–water partition coefficient (Wildman–Crippen LogP) is 3.01. The van der Waals surface area contributed by atoms with E-state index >= 15 is 0 Å². The fourth-order valence-electron chi connectivity index (χ4n) is 2.65. The van der Waals surface area contributed by atoms with Crippen LogP contribution < -0.4 is 5.32 Å². The lowest BCUT2D eigenvalue weighted by molar-refractivity contribution is 0.102. The van der Waals surface area contributed by atoms with Gasteiger partial charge in [0.15, 0.2) is 5.69 Å². The molecule has 0 bridgehead atoms. The van der Waals surface area contributed by atoms with Crippen molar-refractivity contribution in [3.8, 4) is 5.69 Å². The van der Waals surface area contributed by atoms with Crippen LogP contribution in [0.5, 0.6) is 0 Å². The standard InChI is InChI=1S/C18H16N6O/c1-11-7-9-13(10-8-11)24-12(2)16(22-23-24)17(25)21-18-19-14-5-3-4-6-15(14)20-18/h3-10H,1-2H3,(H2,19,20,21,25). The third kappa shape index (κ3) is 2.76. The Labute approximate surface area is 143 Å². The molecule has 0 unspecified atom stereocenters. The predicted molar refractivity (Wildman–Crippen MR) is 94.9 cm³/mol. The SMILES string of the molecule is Cc1ccc(-n2nnc(C(=O)Nc3nc4ccccc4[nH]3)c2C)cc1. The Bertz CT molecular complexity index is 1030. The molecule has 0 aliphatic carbocycles. The van der Waals surface area contributed by atoms with Crippen molar-refractivity contribution in [2.24, 2.45) is 0 Å². The second-order valence-electron chi connectivity index (χ2n) is 5.83. The number of hydrogen-bond acceptors (Lipinski definition) is 4. The molecule has 0 aliphatic heterocycles. The summed E-state index contributed by atoms with van der Waals surface area (Å²) in [7, 11) is 0. The smallest absolute Gasteiger partial charge is 0.280 e. The van der Waals surface area contributed by atoms with Crippen LogP contribution in [0.3, 0.4) is 0 Å². The van der Waals surface area contributed by atoms with Crippen LogP contribution in [-0.4, -0.2) is 30.9 Å². The van der Waals surface area contributed by atoms with E-state index in [9.17, 15) is 4.79 Å². The van der Waals surface area contributed by atoms with Crippen LogP contribution in [0.25, 0.3) is 16.7 Å². The highest BCUT2D eigenvalue weighted by atomic mass is 16.2. The van der Waals surface area contributed by atoms with E-state index in [1.165, 1.54) is 0 Å². The topological polar surface area (TPSA) is 88.5 Å². The Kier molecular flexibility index (Phi) is 3.53. The summed E-state index contributed by atoms with van der Waals surface area (Å²) in [6.07, 6.45) is 0. The third-order valence-electron chi connectivity index (χ3n) is 4.01. The molecule has 0 aliphatic rings. The number of hydrogen-bond donors (Lipinski definition) is 2. The van der Waals surface area contributed by atoms with E-state index in [4.69, 9.17) is 0 Å². The molecule has 4 rings (SSSR count). The van der Waals surface area contributed by atoms with Crippen molar-refractivity contribution in [2.45, 2.75) is 13.8 Å². The summed E-state index contributed by atoms with van der Waals surface area (Å²) in [5, 5.41) is 10.9. The first kappa shape index (κ1) is 15.1. The van der Waals surface area contributed by atoms with Crippen molar-refractivity contribution >= 4 is 22.9 Å². The maximum atomic E-state index is 12.5. The number of fused-ring (bicyclic) bond motifs is 1. The van der Waals surface area contributed by atoms with Crippen LogP contribution in [0, 0.1) is 13.8 Å². The molecular weight excluding hydrogens is 316 g/mol. The van der Waals surface area contributed by atoms with Gasteiger partial charge in [0, 0.05) is 0 Å². The zero-order valence-electron chi connectivity index (χ0n) is 13.8. The van der Waals surface area contributed by atoms with Gasteiger partial charge in [0.2, 0.25) is 5.95 Å². The molecule has 0 atom stereocenters. The molecule has 2 aromatic heterocycles. The minimum atomic E-state index is -0.352. The molecule has 4 aromatic rings. The molecular formula is C18H16N6O. The molecule has 124 valence electrons. The van der Waals surface area contributed by atoms with E-state index in [0.717, 1.165) is 22.3 Å². The second kappa shape index (κ2) is 5.86. The van der Waals surface area contributed by atoms with Gasteiger partial charge in [0.25, 0.3) is 5.91 Å². The Balaban J connectivity index is 1.61. The zero-order chi connectivity index (χ0) is 17.4. The van der Waals surface area contributed by atoms with Crippen LogP contribution >= 0.6 is 0 Å². The maximum Gasteiger partial charge on any atom is 0.280 e. The number of aromatic nitrogens is 5. The average Bonchev–Trinajstić information content (AvgIpc) is 3.18. The summed E-state index contributed by atoms with van der Waals surface area (Å²) in [5.74, 6) is 0.0328. The van der Waals surface area contributed by atoms with Gasteiger partial charge in [0.1, 0.15) is 0 Å². The molecule has 0 saturated carbocycles. The van der Waals surface area contributed by atoms with Gasteiger partial charge < -0.3 is 4.98 Å². The number of carbonyl (C=O) groups excluding carboxylic acids is 1. The van der Waals surface area contributed by atoms with Gasteiger partial charge in [-0.2, -0.15) is 0 Å². The van der Waals surface area contributed by atoms with Crippen LogP contribution in [-0.2, 0) is 0 Å². The molecule has 0 radical (unpaired) electrons. The lowest BCUT2D eigenvalue weighted by atomic mass is 10.2. The van der Waals surface area contributed by atoms with Crippen molar-refractivity contribution < 1.29 is 4.79 Å². The Morgan fingerprint density at radius 2 is 1.84 bits per heavy atom. The number of nitrogens with one attached hydrogen (secondary N) is 2. The van der Waals surface area contributed by atoms with E-state index in [1.54, 1.807) is 4.68 Å². The van der Waals surface area contributed by atoms with Crippen molar-refractivity contribution in [1.29, 1.82) is 0 Å². The van der Waals surface area contributed by atoms with Gasteiger partial charge in [-0.15, -0.1) is 5.10 Å². The van der Waals surface area contributed by atoms with E-state index in [2.05, 4.69) is 25.6 Å². The number of nitrogens with zero attached hydrogens (tertiary/aromatic N) is 4. The van der Waals surface area contributed by atoms with Gasteiger partial charge >= 0.3 is 0 Å². The normalized spacial score (nSPS) is 11.0. The summed E-state index contributed by atoms with van der Waals surface area (Å²) < 4.78 is 1.65. The Morgan fingerprint density at radius 1 is 1.08 bits per heavy atom. The quantitative estimate of drug-likeness (QED) is 0.603. The second-order valence-corrected chi connectivity index (χ2v) is 5.83. The molecule has 2 N–H and O–H groups in total. The number of imidazole rings is 1. The zero-order valence-corrected chi connectivity index (χ0v) is 13.8. The number of anilines is 1. The van der Waals surface area contributed by atoms with Crippen LogP contribution in [0.2, 0.25) is 0 Å². The Hall–Kier alpha value is -3.48. The number of para-hydroxylation sites is 2. The van der Waals surface area contributed by atoms with Crippen molar-refractivity contribution in [1.82, 2.24) is 25.0 Å². The van der Waals surface area contributed by atoms with E-state index in [0.29, 0.717) is 11.6 Å². The molecule has 0 spiro atoms. The maximum absolute atomic E-state index is 12.5. The first-order valence-electron chi connectivity index (χ1n) is 7.87. The van der Waals surface area contributed by atoms with E-state index in [1.807, 2.05) is 62.4 Å². The first-order valence-corrected chi connectivity index (χ1v) is 7.87. The molecule has 2 aromatic carbocycles. The van der Waals surface area contributed by atoms with Crippen molar-refractivity contribution in [3.05, 3.63) is 65.5 Å². The number of benzene rings is 2. The largest absolute Gasteiger partial charge is 0.324 e. The minimum absolute atomic E-state index is 0.265. The number of aryl methyl sites for hydroxylation is 1. The van der Waals surface area contributed by atoms with Gasteiger partial charge in [-0.25, -0.2) is 9.67 Å². The van der Waals surface area contributed by atoms with Crippen molar-refractivity contribution in [2.75, 3.05) is 5.32 Å². The van der Waals surface area contributed by atoms with E-state index < -0.39 is 0 Å². The van der Waals surface area contributed by atoms with Gasteiger partial charge in [-0.05, 0) is 38.1 Å². The highest BCUT2D eigenvalue weighted by Crippen LogP contribution is 2.16. The number of aromatic amines is 1. The van der Waals surface area contributed by atoms with Crippen LogP contribution in [0.15, 0.2) is 48.5 Å². The first-order chi connectivity index (χ1) is 12.1. The fourth-order valence-corrected chi connectivity index (χ4v) is 2.65. The highest BCUT2D eigenvalue weighted by molar-refractivity contribution is 6.03. The van der Waals surface area contributed by atoms with Crippen molar-refractivity contribution in [3.63, 3.8) is 0 Å². The summed E-state index contributed by atoms with van der Waals surface area (Å²) in [4.78, 5) is 19.9. The van der Waals surface area contributed by atoms with E-state index in [-0.39, 0.29) is 11.6 Å². The molecule has 0 saturated heterocycles. The van der Waals surface area contributed by atoms with Gasteiger partial charge in [-0.3, -0.25) is 10.1 Å². The molecule has 7 heteroatoms. The summed E-state index contributed by atoms with van der Waals surface area (Å²) in [6.45, 7) is 3.83. The number of rotatable bonds is 3. The molecule has 1 amide bonds. The van der Waals surface area contributed by atoms with Crippen LogP contribution in [0.4, 0.5) is 5.95 Å². The van der Waals surface area contributed by atoms with Gasteiger partial charge in [-0.1, -0.05) is 35.0 Å². The lowest BCUT2D eigenvalue weighted by Gasteiger charge is -2.04. The Morgan fingerprint density at radius 3 is 2.60 bits per heavy atom. The van der Waals surface area contributed by atoms with Gasteiger partial charge in [0.05, 0.1) is 22.4 Å². The average molecular weight is 332 g/mol. The summed E-state index contributed by atoms with van der Waals surface area (Å²) in [5.41, 5.74) is 4.59. The third-order valence-corrected chi connectivity index (χ3v) is 4.01. The highest BCUT2D eigenvalue weighted by Gasteiger charge is 2.18. The number of H-pyrrole nitrogens is 1. The molecule has 25 heavy (non-hydrogen) atoms. The number of carbonyl (C=O) groups is 1. The minimum Gasteiger partial charge on any atom is -0.324 e.